The van der Waals surface area contributed by atoms with E-state index in [2.05, 4.69) is 39.1 Å². The van der Waals surface area contributed by atoms with Crippen molar-refractivity contribution in [3.05, 3.63) is 102 Å². The van der Waals surface area contributed by atoms with E-state index in [0.717, 1.165) is 48.6 Å². The normalized spacial score (nSPS) is 14.0. The second-order valence-electron chi connectivity index (χ2n) is 8.95. The maximum Gasteiger partial charge on any atom is 0.231 e. The van der Waals surface area contributed by atoms with Crippen LogP contribution in [0.4, 0.5) is 11.6 Å². The third-order valence-electron chi connectivity index (χ3n) is 6.62. The van der Waals surface area contributed by atoms with Gasteiger partial charge in [0.2, 0.25) is 5.91 Å². The van der Waals surface area contributed by atoms with Gasteiger partial charge in [-0.25, -0.2) is 4.98 Å². The van der Waals surface area contributed by atoms with Gasteiger partial charge in [-0.05, 0) is 55.2 Å². The molecule has 1 fully saturated rings. The van der Waals surface area contributed by atoms with E-state index in [4.69, 9.17) is 0 Å². The maximum atomic E-state index is 13.6. The summed E-state index contributed by atoms with van der Waals surface area (Å²) in [6.45, 7) is 4.15. The Morgan fingerprint density at radius 2 is 1.63 bits per heavy atom. The van der Waals surface area contributed by atoms with E-state index < -0.39 is 0 Å². The fraction of sp³-hybridized carbons (Fsp3) is 0.241. The first-order valence-corrected chi connectivity index (χ1v) is 12.1. The van der Waals surface area contributed by atoms with Crippen molar-refractivity contribution in [1.29, 1.82) is 0 Å². The molecule has 0 spiro atoms. The predicted octanol–water partition coefficient (Wildman–Crippen LogP) is 5.30. The predicted molar refractivity (Wildman–Crippen MR) is 139 cm³/mol. The summed E-state index contributed by atoms with van der Waals surface area (Å²) in [5, 5.41) is 8.98. The van der Waals surface area contributed by atoms with Crippen LogP contribution in [0.3, 0.4) is 0 Å². The highest BCUT2D eigenvalue weighted by molar-refractivity contribution is 5.94. The standard InChI is InChI=1S/C29H29N5O/c1-22-9-5-6-12-25(22)26-14-15-28(32-31-26)33-19-16-24(17-20-33)29(35)34(27-13-7-8-18-30-27)21-23-10-3-2-4-11-23/h2-15,18,24H,16-17,19-21H2,1H3. The molecular weight excluding hydrogens is 434 g/mol. The Hall–Kier alpha value is -4.06. The summed E-state index contributed by atoms with van der Waals surface area (Å²) < 4.78 is 0. The first-order chi connectivity index (χ1) is 17.2. The summed E-state index contributed by atoms with van der Waals surface area (Å²) in [6, 6.07) is 28.1. The van der Waals surface area contributed by atoms with Crippen molar-refractivity contribution in [2.75, 3.05) is 22.9 Å². The summed E-state index contributed by atoms with van der Waals surface area (Å²) in [6.07, 6.45) is 3.29. The molecule has 1 aliphatic rings. The van der Waals surface area contributed by atoms with Gasteiger partial charge >= 0.3 is 0 Å². The molecule has 3 heterocycles. The topological polar surface area (TPSA) is 62.2 Å². The van der Waals surface area contributed by atoms with Gasteiger partial charge in [0.15, 0.2) is 5.82 Å². The van der Waals surface area contributed by atoms with Crippen molar-refractivity contribution in [3.8, 4) is 11.3 Å². The molecule has 1 amide bonds. The van der Waals surface area contributed by atoms with Gasteiger partial charge in [0.1, 0.15) is 5.82 Å². The SMILES string of the molecule is Cc1ccccc1-c1ccc(N2CCC(C(=O)N(Cc3ccccc3)c3ccccn3)CC2)nn1. The van der Waals surface area contributed by atoms with Gasteiger partial charge in [-0.1, -0.05) is 60.7 Å². The number of benzene rings is 2. The van der Waals surface area contributed by atoms with Gasteiger partial charge < -0.3 is 4.90 Å². The molecule has 4 aromatic rings. The molecule has 5 rings (SSSR count). The number of aromatic nitrogens is 3. The lowest BCUT2D eigenvalue weighted by Crippen LogP contribution is -2.43. The lowest BCUT2D eigenvalue weighted by molar-refractivity contribution is -0.123. The van der Waals surface area contributed by atoms with E-state index in [1.807, 2.05) is 77.7 Å². The molecule has 0 unspecified atom stereocenters. The number of hydrogen-bond acceptors (Lipinski definition) is 5. The Kier molecular flexibility index (Phi) is 6.80. The Labute approximate surface area is 206 Å². The van der Waals surface area contributed by atoms with Crippen LogP contribution in [0.5, 0.6) is 0 Å². The fourth-order valence-corrected chi connectivity index (χ4v) is 4.62. The lowest BCUT2D eigenvalue weighted by atomic mass is 9.95. The van der Waals surface area contributed by atoms with Crippen LogP contribution in [0.15, 0.2) is 91.1 Å². The number of aryl methyl sites for hydroxylation is 1. The van der Waals surface area contributed by atoms with Gasteiger partial charge in [0.05, 0.1) is 12.2 Å². The summed E-state index contributed by atoms with van der Waals surface area (Å²) in [7, 11) is 0. The van der Waals surface area contributed by atoms with Gasteiger partial charge in [-0.2, -0.15) is 0 Å². The molecule has 6 heteroatoms. The number of carbonyl (C=O) groups excluding carboxylic acids is 1. The van der Waals surface area contributed by atoms with Crippen LogP contribution in [0.2, 0.25) is 0 Å². The van der Waals surface area contributed by atoms with E-state index in [0.29, 0.717) is 12.4 Å². The molecular formula is C29H29N5O. The van der Waals surface area contributed by atoms with E-state index in [1.165, 1.54) is 5.56 Å². The second-order valence-corrected chi connectivity index (χ2v) is 8.95. The number of carbonyl (C=O) groups is 1. The number of hydrogen-bond donors (Lipinski definition) is 0. The van der Waals surface area contributed by atoms with Gasteiger partial charge in [0, 0.05) is 30.8 Å². The summed E-state index contributed by atoms with van der Waals surface area (Å²) >= 11 is 0. The molecule has 0 saturated carbocycles. The number of anilines is 2. The number of rotatable bonds is 6. The van der Waals surface area contributed by atoms with Gasteiger partial charge in [-0.3, -0.25) is 9.69 Å². The zero-order chi connectivity index (χ0) is 24.0. The maximum absolute atomic E-state index is 13.6. The molecule has 1 saturated heterocycles. The van der Waals surface area contributed by atoms with Crippen LogP contribution in [0, 0.1) is 12.8 Å². The molecule has 176 valence electrons. The molecule has 6 nitrogen and oxygen atoms in total. The van der Waals surface area contributed by atoms with Crippen molar-refractivity contribution < 1.29 is 4.79 Å². The zero-order valence-corrected chi connectivity index (χ0v) is 19.9. The van der Waals surface area contributed by atoms with Crippen molar-refractivity contribution in [2.24, 2.45) is 5.92 Å². The average molecular weight is 464 g/mol. The number of amides is 1. The van der Waals surface area contributed by atoms with Gasteiger partial charge in [-0.15, -0.1) is 10.2 Å². The minimum Gasteiger partial charge on any atom is -0.355 e. The molecule has 0 aliphatic carbocycles. The second kappa shape index (κ2) is 10.5. The summed E-state index contributed by atoms with van der Waals surface area (Å²) in [4.78, 5) is 22.1. The number of piperidine rings is 1. The van der Waals surface area contributed by atoms with Crippen molar-refractivity contribution in [1.82, 2.24) is 15.2 Å². The quantitative estimate of drug-likeness (QED) is 0.388. The average Bonchev–Trinajstić information content (AvgIpc) is 2.93. The molecule has 0 radical (unpaired) electrons. The van der Waals surface area contributed by atoms with E-state index >= 15 is 0 Å². The number of nitrogens with zero attached hydrogens (tertiary/aromatic N) is 5. The minimum atomic E-state index is -0.0452. The Bertz CT molecular complexity index is 1250. The molecule has 0 atom stereocenters. The van der Waals surface area contributed by atoms with Crippen LogP contribution in [-0.4, -0.2) is 34.2 Å². The molecule has 35 heavy (non-hydrogen) atoms. The third-order valence-corrected chi connectivity index (χ3v) is 6.62. The highest BCUT2D eigenvalue weighted by atomic mass is 16.2. The van der Waals surface area contributed by atoms with Crippen molar-refractivity contribution >= 4 is 17.5 Å². The molecule has 0 bridgehead atoms. The lowest BCUT2D eigenvalue weighted by Gasteiger charge is -2.34. The minimum absolute atomic E-state index is 0.0452. The highest BCUT2D eigenvalue weighted by Crippen LogP contribution is 2.27. The monoisotopic (exact) mass is 463 g/mol. The van der Waals surface area contributed by atoms with Gasteiger partial charge in [0.25, 0.3) is 0 Å². The van der Waals surface area contributed by atoms with Crippen molar-refractivity contribution in [2.45, 2.75) is 26.3 Å². The first-order valence-electron chi connectivity index (χ1n) is 12.1. The third kappa shape index (κ3) is 5.22. The Morgan fingerprint density at radius 3 is 2.31 bits per heavy atom. The largest absolute Gasteiger partial charge is 0.355 e. The van der Waals surface area contributed by atoms with Crippen LogP contribution in [-0.2, 0) is 11.3 Å². The summed E-state index contributed by atoms with van der Waals surface area (Å²) in [5.74, 6) is 1.64. The number of pyridine rings is 1. The van der Waals surface area contributed by atoms with Crippen molar-refractivity contribution in [3.63, 3.8) is 0 Å². The molecule has 2 aromatic carbocycles. The first kappa shape index (κ1) is 22.7. The Morgan fingerprint density at radius 1 is 0.886 bits per heavy atom. The van der Waals surface area contributed by atoms with Crippen LogP contribution in [0.1, 0.15) is 24.0 Å². The van der Waals surface area contributed by atoms with E-state index in [1.54, 1.807) is 6.20 Å². The zero-order valence-electron chi connectivity index (χ0n) is 19.9. The molecule has 0 N–H and O–H groups in total. The van der Waals surface area contributed by atoms with Crippen LogP contribution < -0.4 is 9.80 Å². The fourth-order valence-electron chi connectivity index (χ4n) is 4.62. The van der Waals surface area contributed by atoms with E-state index in [-0.39, 0.29) is 11.8 Å². The van der Waals surface area contributed by atoms with E-state index in [9.17, 15) is 4.79 Å². The Balaban J connectivity index is 1.26. The van der Waals surface area contributed by atoms with Crippen LogP contribution in [0.25, 0.3) is 11.3 Å². The summed E-state index contributed by atoms with van der Waals surface area (Å²) in [5.41, 5.74) is 4.25. The molecule has 2 aromatic heterocycles. The highest BCUT2D eigenvalue weighted by Gasteiger charge is 2.30. The smallest absolute Gasteiger partial charge is 0.231 e. The molecule has 1 aliphatic heterocycles. The van der Waals surface area contributed by atoms with Crippen LogP contribution >= 0.6 is 0 Å².